The van der Waals surface area contributed by atoms with Crippen LogP contribution in [0.3, 0.4) is 0 Å². The lowest BCUT2D eigenvalue weighted by atomic mass is 10.0. The van der Waals surface area contributed by atoms with E-state index in [0.717, 1.165) is 28.0 Å². The van der Waals surface area contributed by atoms with Crippen molar-refractivity contribution in [1.29, 1.82) is 0 Å². The lowest BCUT2D eigenvalue weighted by molar-refractivity contribution is -0.112. The van der Waals surface area contributed by atoms with Gasteiger partial charge in [-0.2, -0.15) is 0 Å². The number of hydrogen-bond acceptors (Lipinski definition) is 3. The van der Waals surface area contributed by atoms with Crippen LogP contribution in [0, 0.1) is 0 Å². The molecule has 22 heavy (non-hydrogen) atoms. The largest absolute Gasteiger partial charge is 0.373 e. The van der Waals surface area contributed by atoms with Crippen LogP contribution in [0.5, 0.6) is 0 Å². The van der Waals surface area contributed by atoms with Gasteiger partial charge in [0, 0.05) is 29.8 Å². The summed E-state index contributed by atoms with van der Waals surface area (Å²) in [5, 5.41) is 3.93. The molecule has 0 aliphatic rings. The van der Waals surface area contributed by atoms with Crippen molar-refractivity contribution in [3.05, 3.63) is 59.8 Å². The zero-order chi connectivity index (χ0) is 15.5. The SMILES string of the molecule is CNc1ccc2c(C=C(C(N)=O)c3ccccc3)c[nH]c2n1. The number of amides is 1. The van der Waals surface area contributed by atoms with Gasteiger partial charge in [-0.25, -0.2) is 4.98 Å². The van der Waals surface area contributed by atoms with E-state index in [-0.39, 0.29) is 0 Å². The third-order valence-corrected chi connectivity index (χ3v) is 3.48. The Labute approximate surface area is 127 Å². The molecule has 2 aromatic heterocycles. The number of carbonyl (C=O) groups is 1. The smallest absolute Gasteiger partial charge is 0.249 e. The van der Waals surface area contributed by atoms with Crippen molar-refractivity contribution in [2.24, 2.45) is 5.73 Å². The van der Waals surface area contributed by atoms with Gasteiger partial charge in [-0.15, -0.1) is 0 Å². The second-order valence-corrected chi connectivity index (χ2v) is 4.87. The van der Waals surface area contributed by atoms with E-state index in [4.69, 9.17) is 5.73 Å². The zero-order valence-corrected chi connectivity index (χ0v) is 12.1. The van der Waals surface area contributed by atoms with Crippen LogP contribution in [-0.2, 0) is 4.79 Å². The van der Waals surface area contributed by atoms with E-state index in [9.17, 15) is 4.79 Å². The molecule has 0 aliphatic carbocycles. The van der Waals surface area contributed by atoms with Crippen LogP contribution >= 0.6 is 0 Å². The number of hydrogen-bond donors (Lipinski definition) is 3. The number of fused-ring (bicyclic) bond motifs is 1. The minimum absolute atomic E-state index is 0.458. The second kappa shape index (κ2) is 5.73. The number of carbonyl (C=O) groups excluding carboxylic acids is 1. The highest BCUT2D eigenvalue weighted by molar-refractivity contribution is 6.24. The summed E-state index contributed by atoms with van der Waals surface area (Å²) in [5.41, 5.74) is 8.44. The molecule has 1 aromatic carbocycles. The summed E-state index contributed by atoms with van der Waals surface area (Å²) in [7, 11) is 1.82. The molecule has 0 bridgehead atoms. The Morgan fingerprint density at radius 2 is 2.00 bits per heavy atom. The standard InChI is InChI=1S/C17H16N4O/c1-19-15-8-7-13-12(10-20-17(13)21-15)9-14(16(18)22)11-5-3-2-4-6-11/h2-10H,1H3,(H2,18,22)(H2,19,20,21). The van der Waals surface area contributed by atoms with Crippen molar-refractivity contribution in [3.8, 4) is 0 Å². The van der Waals surface area contributed by atoms with E-state index in [1.807, 2.05) is 55.7 Å². The first-order chi connectivity index (χ1) is 10.7. The van der Waals surface area contributed by atoms with Crippen molar-refractivity contribution in [2.45, 2.75) is 0 Å². The fraction of sp³-hybridized carbons (Fsp3) is 0.0588. The third-order valence-electron chi connectivity index (χ3n) is 3.48. The summed E-state index contributed by atoms with van der Waals surface area (Å²) in [5.74, 6) is 0.323. The minimum atomic E-state index is -0.458. The fourth-order valence-electron chi connectivity index (χ4n) is 2.35. The summed E-state index contributed by atoms with van der Waals surface area (Å²) in [6.45, 7) is 0. The van der Waals surface area contributed by atoms with Crippen LogP contribution in [0.1, 0.15) is 11.1 Å². The van der Waals surface area contributed by atoms with Gasteiger partial charge in [0.15, 0.2) is 0 Å². The van der Waals surface area contributed by atoms with E-state index in [1.165, 1.54) is 0 Å². The first-order valence-electron chi connectivity index (χ1n) is 6.92. The minimum Gasteiger partial charge on any atom is -0.373 e. The first kappa shape index (κ1) is 13.9. The van der Waals surface area contributed by atoms with Crippen LogP contribution in [0.25, 0.3) is 22.7 Å². The Balaban J connectivity index is 2.11. The Kier molecular flexibility index (Phi) is 3.62. The normalized spacial score (nSPS) is 11.6. The molecule has 4 N–H and O–H groups in total. The van der Waals surface area contributed by atoms with Crippen molar-refractivity contribution in [2.75, 3.05) is 12.4 Å². The van der Waals surface area contributed by atoms with Crippen LogP contribution in [0.4, 0.5) is 5.82 Å². The summed E-state index contributed by atoms with van der Waals surface area (Å²) < 4.78 is 0. The quantitative estimate of drug-likeness (QED) is 0.646. The van der Waals surface area contributed by atoms with Crippen LogP contribution in [-0.4, -0.2) is 22.9 Å². The number of nitrogens with one attached hydrogen (secondary N) is 2. The van der Waals surface area contributed by atoms with Crippen LogP contribution in [0.15, 0.2) is 48.7 Å². The van der Waals surface area contributed by atoms with Gasteiger partial charge in [0.25, 0.3) is 0 Å². The van der Waals surface area contributed by atoms with Crippen molar-refractivity contribution >= 4 is 34.4 Å². The maximum atomic E-state index is 11.8. The lowest BCUT2D eigenvalue weighted by Gasteiger charge is -2.03. The van der Waals surface area contributed by atoms with Gasteiger partial charge in [0.2, 0.25) is 5.91 Å². The molecule has 0 unspecified atom stereocenters. The number of primary amides is 1. The number of anilines is 1. The Hall–Kier alpha value is -3.08. The van der Waals surface area contributed by atoms with Gasteiger partial charge in [-0.05, 0) is 23.8 Å². The Bertz CT molecular complexity index is 849. The Morgan fingerprint density at radius 3 is 2.68 bits per heavy atom. The molecule has 2 heterocycles. The number of aromatic nitrogens is 2. The van der Waals surface area contributed by atoms with Crippen LogP contribution in [0.2, 0.25) is 0 Å². The summed E-state index contributed by atoms with van der Waals surface area (Å²) in [6, 6.07) is 13.2. The monoisotopic (exact) mass is 292 g/mol. The number of pyridine rings is 1. The van der Waals surface area contributed by atoms with E-state index in [0.29, 0.717) is 5.57 Å². The molecule has 0 fully saturated rings. The highest BCUT2D eigenvalue weighted by atomic mass is 16.1. The third kappa shape index (κ3) is 2.56. The average Bonchev–Trinajstić information content (AvgIpc) is 2.95. The Morgan fingerprint density at radius 1 is 1.23 bits per heavy atom. The molecule has 0 aliphatic heterocycles. The molecule has 0 spiro atoms. The molecule has 110 valence electrons. The van der Waals surface area contributed by atoms with E-state index in [1.54, 1.807) is 6.08 Å². The van der Waals surface area contributed by atoms with Crippen LogP contribution < -0.4 is 11.1 Å². The van der Waals surface area contributed by atoms with Crippen molar-refractivity contribution in [3.63, 3.8) is 0 Å². The van der Waals surface area contributed by atoms with Gasteiger partial charge < -0.3 is 16.0 Å². The highest BCUT2D eigenvalue weighted by Crippen LogP contribution is 2.24. The molecule has 0 saturated heterocycles. The molecule has 3 rings (SSSR count). The lowest BCUT2D eigenvalue weighted by Crippen LogP contribution is -2.12. The number of benzene rings is 1. The molecule has 0 radical (unpaired) electrons. The number of rotatable bonds is 4. The van der Waals surface area contributed by atoms with E-state index < -0.39 is 5.91 Å². The van der Waals surface area contributed by atoms with Gasteiger partial charge in [-0.1, -0.05) is 30.3 Å². The molecule has 5 heteroatoms. The van der Waals surface area contributed by atoms with Crippen molar-refractivity contribution in [1.82, 2.24) is 9.97 Å². The van der Waals surface area contributed by atoms with Crippen molar-refractivity contribution < 1.29 is 4.79 Å². The number of H-pyrrole nitrogens is 1. The number of nitrogens with two attached hydrogens (primary N) is 1. The van der Waals surface area contributed by atoms with Gasteiger partial charge in [0.05, 0.1) is 0 Å². The van der Waals surface area contributed by atoms with E-state index >= 15 is 0 Å². The number of nitrogens with zero attached hydrogens (tertiary/aromatic N) is 1. The molecule has 5 nitrogen and oxygen atoms in total. The predicted molar refractivity (Wildman–Crippen MR) is 89.1 cm³/mol. The van der Waals surface area contributed by atoms with E-state index in [2.05, 4.69) is 15.3 Å². The maximum Gasteiger partial charge on any atom is 0.249 e. The molecular weight excluding hydrogens is 276 g/mol. The maximum absolute atomic E-state index is 11.8. The van der Waals surface area contributed by atoms with Gasteiger partial charge in [0.1, 0.15) is 11.5 Å². The summed E-state index contributed by atoms with van der Waals surface area (Å²) in [4.78, 5) is 19.3. The second-order valence-electron chi connectivity index (χ2n) is 4.87. The highest BCUT2D eigenvalue weighted by Gasteiger charge is 2.10. The topological polar surface area (TPSA) is 83.8 Å². The molecule has 0 saturated carbocycles. The molecule has 0 atom stereocenters. The summed E-state index contributed by atoms with van der Waals surface area (Å²) >= 11 is 0. The average molecular weight is 292 g/mol. The molecular formula is C17H16N4O. The fourth-order valence-corrected chi connectivity index (χ4v) is 2.35. The molecule has 1 amide bonds. The van der Waals surface area contributed by atoms with Gasteiger partial charge in [-0.3, -0.25) is 4.79 Å². The molecule has 3 aromatic rings. The number of aromatic amines is 1. The first-order valence-corrected chi connectivity index (χ1v) is 6.92. The van der Waals surface area contributed by atoms with Gasteiger partial charge >= 0.3 is 0 Å². The zero-order valence-electron chi connectivity index (χ0n) is 12.1. The summed E-state index contributed by atoms with van der Waals surface area (Å²) in [6.07, 6.45) is 3.61. The predicted octanol–water partition coefficient (Wildman–Crippen LogP) is 2.63.